The predicted octanol–water partition coefficient (Wildman–Crippen LogP) is 3.39. The number of likely N-dealkylation sites (tertiary alicyclic amines) is 1. The van der Waals surface area contributed by atoms with Gasteiger partial charge in [0, 0.05) is 12.6 Å². The van der Waals surface area contributed by atoms with Crippen molar-refractivity contribution in [3.8, 4) is 10.4 Å². The number of aromatic nitrogens is 1. The second kappa shape index (κ2) is 8.75. The molecule has 0 spiro atoms. The van der Waals surface area contributed by atoms with Gasteiger partial charge in [0.05, 0.1) is 28.6 Å². The molecule has 2 N–H and O–H groups in total. The number of nitrogens with zero attached hydrogens (tertiary/aromatic N) is 2. The number of hydrogen-bond acceptors (Lipinski definition) is 6. The normalized spacial score (nSPS) is 17.2. The Bertz CT molecular complexity index is 721. The summed E-state index contributed by atoms with van der Waals surface area (Å²) in [5.41, 5.74) is 11.7. The number of aryl methyl sites for hydroxylation is 1. The molecule has 2 heterocycles. The van der Waals surface area contributed by atoms with E-state index in [-0.39, 0.29) is 17.9 Å². The number of benzene rings is 1. The van der Waals surface area contributed by atoms with Crippen LogP contribution in [0.4, 0.5) is 0 Å². The van der Waals surface area contributed by atoms with Gasteiger partial charge in [0.1, 0.15) is 0 Å². The highest BCUT2D eigenvalue weighted by Gasteiger charge is 2.26. The first-order chi connectivity index (χ1) is 12.6. The van der Waals surface area contributed by atoms with E-state index in [1.165, 1.54) is 10.4 Å². The van der Waals surface area contributed by atoms with Crippen LogP contribution in [-0.4, -0.2) is 42.1 Å². The molecule has 0 bridgehead atoms. The number of esters is 1. The van der Waals surface area contributed by atoms with Crippen LogP contribution >= 0.6 is 11.3 Å². The minimum atomic E-state index is -0.0506. The zero-order valence-electron chi connectivity index (χ0n) is 15.5. The lowest BCUT2D eigenvalue weighted by Gasteiger charge is -2.32. The summed E-state index contributed by atoms with van der Waals surface area (Å²) in [6.07, 6.45) is 1.71. The minimum Gasteiger partial charge on any atom is -0.466 e. The van der Waals surface area contributed by atoms with Crippen molar-refractivity contribution in [3.63, 3.8) is 0 Å². The van der Waals surface area contributed by atoms with Gasteiger partial charge in [-0.3, -0.25) is 4.79 Å². The van der Waals surface area contributed by atoms with Gasteiger partial charge in [0.2, 0.25) is 0 Å². The Labute approximate surface area is 159 Å². The van der Waals surface area contributed by atoms with Crippen molar-refractivity contribution in [2.45, 2.75) is 32.7 Å². The summed E-state index contributed by atoms with van der Waals surface area (Å²) in [5.74, 6) is -0.00486. The standard InChI is InChI=1S/C20H27N3O2S/c1-3-25-20(24)17-8-10-23(11-9-17)12-18(21)15-4-6-16(7-5-15)19-14(2)22-13-26-19/h4-7,13,17-18H,3,8-12,21H2,1-2H3/t18-/m0/s1. The zero-order chi connectivity index (χ0) is 18.5. The second-order valence-electron chi connectivity index (χ2n) is 6.82. The summed E-state index contributed by atoms with van der Waals surface area (Å²) >= 11 is 1.66. The number of hydrogen-bond donors (Lipinski definition) is 1. The van der Waals surface area contributed by atoms with Crippen molar-refractivity contribution in [1.29, 1.82) is 0 Å². The molecule has 3 rings (SSSR count). The molecule has 0 amide bonds. The van der Waals surface area contributed by atoms with Crippen LogP contribution < -0.4 is 5.73 Å². The Morgan fingerprint density at radius 3 is 2.62 bits per heavy atom. The van der Waals surface area contributed by atoms with Crippen molar-refractivity contribution >= 4 is 17.3 Å². The predicted molar refractivity (Wildman–Crippen MR) is 105 cm³/mol. The number of carbonyl (C=O) groups is 1. The molecular formula is C20H27N3O2S. The number of carbonyl (C=O) groups excluding carboxylic acids is 1. The first kappa shape index (κ1) is 19.0. The van der Waals surface area contributed by atoms with E-state index in [0.29, 0.717) is 6.61 Å². The van der Waals surface area contributed by atoms with Crippen LogP contribution in [0.15, 0.2) is 29.8 Å². The summed E-state index contributed by atoms with van der Waals surface area (Å²) in [6, 6.07) is 8.46. The van der Waals surface area contributed by atoms with Gasteiger partial charge in [-0.05, 0) is 50.9 Å². The Morgan fingerprint density at radius 2 is 2.04 bits per heavy atom. The minimum absolute atomic E-state index is 0.0225. The number of thiazole rings is 1. The third-order valence-corrected chi connectivity index (χ3v) is 5.99. The molecule has 1 saturated heterocycles. The Kier molecular flexibility index (Phi) is 6.40. The van der Waals surface area contributed by atoms with Crippen LogP contribution in [0.5, 0.6) is 0 Å². The molecule has 6 heteroatoms. The zero-order valence-corrected chi connectivity index (χ0v) is 16.3. The van der Waals surface area contributed by atoms with Crippen LogP contribution in [0.25, 0.3) is 10.4 Å². The molecule has 0 saturated carbocycles. The molecule has 1 aliphatic rings. The second-order valence-corrected chi connectivity index (χ2v) is 7.68. The lowest BCUT2D eigenvalue weighted by Crippen LogP contribution is -2.40. The van der Waals surface area contributed by atoms with Gasteiger partial charge in [0.25, 0.3) is 0 Å². The molecule has 140 valence electrons. The summed E-state index contributed by atoms with van der Waals surface area (Å²) in [4.78, 5) is 19.7. The third kappa shape index (κ3) is 4.50. The number of piperidine rings is 1. The van der Waals surface area contributed by atoms with Crippen LogP contribution in [0.1, 0.15) is 37.1 Å². The Balaban J connectivity index is 1.53. The van der Waals surface area contributed by atoms with Crippen molar-refractivity contribution in [1.82, 2.24) is 9.88 Å². The van der Waals surface area contributed by atoms with Gasteiger partial charge in [0.15, 0.2) is 0 Å². The van der Waals surface area contributed by atoms with Crippen molar-refractivity contribution in [3.05, 3.63) is 41.0 Å². The summed E-state index contributed by atoms with van der Waals surface area (Å²) in [6.45, 7) is 6.96. The fraction of sp³-hybridized carbons (Fsp3) is 0.500. The van der Waals surface area contributed by atoms with E-state index in [4.69, 9.17) is 10.5 Å². The van der Waals surface area contributed by atoms with Crippen LogP contribution in [0.3, 0.4) is 0 Å². The molecule has 1 atom stereocenters. The van der Waals surface area contributed by atoms with E-state index in [0.717, 1.165) is 43.7 Å². The SMILES string of the molecule is CCOC(=O)C1CCN(C[C@H](N)c2ccc(-c3scnc3C)cc2)CC1. The smallest absolute Gasteiger partial charge is 0.309 e. The van der Waals surface area contributed by atoms with Gasteiger partial charge in [-0.15, -0.1) is 11.3 Å². The topological polar surface area (TPSA) is 68.5 Å². The maximum Gasteiger partial charge on any atom is 0.309 e. The van der Waals surface area contributed by atoms with Gasteiger partial charge in [-0.1, -0.05) is 24.3 Å². The summed E-state index contributed by atoms with van der Waals surface area (Å²) < 4.78 is 5.13. The number of ether oxygens (including phenoxy) is 1. The van der Waals surface area contributed by atoms with E-state index in [1.54, 1.807) is 11.3 Å². The first-order valence-electron chi connectivity index (χ1n) is 9.23. The molecule has 1 aliphatic heterocycles. The van der Waals surface area contributed by atoms with Crippen LogP contribution in [-0.2, 0) is 9.53 Å². The number of rotatable bonds is 6. The lowest BCUT2D eigenvalue weighted by molar-refractivity contribution is -0.149. The van der Waals surface area contributed by atoms with Crippen molar-refractivity contribution < 1.29 is 9.53 Å². The summed E-state index contributed by atoms with van der Waals surface area (Å²) in [5, 5.41) is 0. The van der Waals surface area contributed by atoms with Crippen LogP contribution in [0.2, 0.25) is 0 Å². The highest BCUT2D eigenvalue weighted by atomic mass is 32.1. The number of nitrogens with two attached hydrogens (primary N) is 1. The van der Waals surface area contributed by atoms with Gasteiger partial charge >= 0.3 is 5.97 Å². The maximum atomic E-state index is 11.8. The average molecular weight is 374 g/mol. The van der Waals surface area contributed by atoms with E-state index in [1.807, 2.05) is 19.4 Å². The van der Waals surface area contributed by atoms with E-state index >= 15 is 0 Å². The quantitative estimate of drug-likeness (QED) is 0.786. The molecule has 2 aromatic rings. The average Bonchev–Trinajstić information content (AvgIpc) is 3.08. The van der Waals surface area contributed by atoms with Crippen LogP contribution in [0, 0.1) is 12.8 Å². The van der Waals surface area contributed by atoms with Crippen molar-refractivity contribution in [2.75, 3.05) is 26.2 Å². The van der Waals surface area contributed by atoms with Gasteiger partial charge < -0.3 is 15.4 Å². The molecule has 0 unspecified atom stereocenters. The lowest BCUT2D eigenvalue weighted by atomic mass is 9.96. The molecule has 26 heavy (non-hydrogen) atoms. The highest BCUT2D eigenvalue weighted by Crippen LogP contribution is 2.28. The van der Waals surface area contributed by atoms with Gasteiger partial charge in [-0.2, -0.15) is 0 Å². The molecule has 0 aliphatic carbocycles. The first-order valence-corrected chi connectivity index (χ1v) is 10.1. The Morgan fingerprint density at radius 1 is 1.35 bits per heavy atom. The van der Waals surface area contributed by atoms with Gasteiger partial charge in [-0.25, -0.2) is 4.98 Å². The largest absolute Gasteiger partial charge is 0.466 e. The fourth-order valence-corrected chi connectivity index (χ4v) is 4.27. The van der Waals surface area contributed by atoms with E-state index < -0.39 is 0 Å². The van der Waals surface area contributed by atoms with E-state index in [9.17, 15) is 4.79 Å². The monoisotopic (exact) mass is 373 g/mol. The maximum absolute atomic E-state index is 11.8. The fourth-order valence-electron chi connectivity index (χ4n) is 3.46. The molecule has 5 nitrogen and oxygen atoms in total. The molecule has 1 fully saturated rings. The molecular weight excluding hydrogens is 346 g/mol. The van der Waals surface area contributed by atoms with Crippen molar-refractivity contribution in [2.24, 2.45) is 11.7 Å². The van der Waals surface area contributed by atoms with E-state index in [2.05, 4.69) is 34.1 Å². The molecule has 1 aromatic heterocycles. The molecule has 0 radical (unpaired) electrons. The molecule has 1 aromatic carbocycles. The highest BCUT2D eigenvalue weighted by molar-refractivity contribution is 7.13. The Hall–Kier alpha value is -1.76. The third-order valence-electron chi connectivity index (χ3n) is 5.01. The summed E-state index contributed by atoms with van der Waals surface area (Å²) in [7, 11) is 0.